The molecule has 8 heteroatoms. The maximum absolute atomic E-state index is 13.2. The highest BCUT2D eigenvalue weighted by atomic mass is 16.5. The van der Waals surface area contributed by atoms with Crippen molar-refractivity contribution >= 4 is 34.3 Å². The van der Waals surface area contributed by atoms with Crippen molar-refractivity contribution in [3.63, 3.8) is 0 Å². The highest BCUT2D eigenvalue weighted by molar-refractivity contribution is 6.14. The third kappa shape index (κ3) is 5.23. The molecule has 2 aromatic heterocycles. The molecule has 1 saturated heterocycles. The number of ether oxygens (including phenoxy) is 2. The Balaban J connectivity index is 1.54. The van der Waals surface area contributed by atoms with Gasteiger partial charge in [-0.15, -0.1) is 0 Å². The number of hydrogen-bond donors (Lipinski definition) is 2. The predicted molar refractivity (Wildman–Crippen MR) is 140 cm³/mol. The molecule has 8 nitrogen and oxygen atoms in total. The van der Waals surface area contributed by atoms with Crippen LogP contribution in [0.2, 0.25) is 0 Å². The van der Waals surface area contributed by atoms with Gasteiger partial charge in [0.1, 0.15) is 5.65 Å². The van der Waals surface area contributed by atoms with Crippen LogP contribution in [0.4, 0.5) is 11.4 Å². The highest BCUT2D eigenvalue weighted by Crippen LogP contribution is 2.34. The van der Waals surface area contributed by atoms with Crippen LogP contribution in [0.25, 0.3) is 11.0 Å². The van der Waals surface area contributed by atoms with E-state index in [0.29, 0.717) is 41.4 Å². The zero-order valence-electron chi connectivity index (χ0n) is 20.8. The summed E-state index contributed by atoms with van der Waals surface area (Å²) in [6.07, 6.45) is 10.1. The number of carbonyl (C=O) groups excluding carboxylic acids is 2. The lowest BCUT2D eigenvalue weighted by Crippen LogP contribution is -2.21. The summed E-state index contributed by atoms with van der Waals surface area (Å²) in [4.78, 5) is 31.0. The van der Waals surface area contributed by atoms with E-state index < -0.39 is 5.97 Å². The fourth-order valence-electron chi connectivity index (χ4n) is 5.36. The zero-order valence-corrected chi connectivity index (χ0v) is 20.8. The van der Waals surface area contributed by atoms with E-state index >= 15 is 0 Å². The van der Waals surface area contributed by atoms with Crippen molar-refractivity contribution in [2.24, 2.45) is 5.92 Å². The number of esters is 1. The zero-order chi connectivity index (χ0) is 24.9. The molecule has 3 heterocycles. The summed E-state index contributed by atoms with van der Waals surface area (Å²) < 4.78 is 12.9. The van der Waals surface area contributed by atoms with Crippen molar-refractivity contribution in [3.05, 3.63) is 53.9 Å². The molecule has 0 unspecified atom stereocenters. The van der Waals surface area contributed by atoms with E-state index in [1.807, 2.05) is 28.8 Å². The summed E-state index contributed by atoms with van der Waals surface area (Å²) in [5.41, 5.74) is 2.70. The van der Waals surface area contributed by atoms with Crippen LogP contribution in [0.3, 0.4) is 0 Å². The summed E-state index contributed by atoms with van der Waals surface area (Å²) in [7, 11) is 1.35. The van der Waals surface area contributed by atoms with Crippen LogP contribution in [0, 0.1) is 5.92 Å². The van der Waals surface area contributed by atoms with Gasteiger partial charge in [-0.3, -0.25) is 4.79 Å². The van der Waals surface area contributed by atoms with Crippen LogP contribution in [-0.4, -0.2) is 47.8 Å². The van der Waals surface area contributed by atoms with Gasteiger partial charge >= 0.3 is 5.97 Å². The second-order valence-corrected chi connectivity index (χ2v) is 9.76. The van der Waals surface area contributed by atoms with Gasteiger partial charge in [0, 0.05) is 24.1 Å². The summed E-state index contributed by atoms with van der Waals surface area (Å²) in [5.74, 6) is -0.162. The number of anilines is 2. The molecular formula is C28H34N4O4. The van der Waals surface area contributed by atoms with Crippen molar-refractivity contribution in [1.82, 2.24) is 9.55 Å². The number of nitrogens with zero attached hydrogens (tertiary/aromatic N) is 2. The third-order valence-corrected chi connectivity index (χ3v) is 7.28. The Morgan fingerprint density at radius 3 is 2.64 bits per heavy atom. The number of methoxy groups -OCH3 is 1. The van der Waals surface area contributed by atoms with E-state index in [1.54, 1.807) is 18.3 Å². The average Bonchev–Trinajstić information content (AvgIpc) is 3.54. The monoisotopic (exact) mass is 490 g/mol. The summed E-state index contributed by atoms with van der Waals surface area (Å²) in [6.45, 7) is 2.06. The normalized spacial score (nSPS) is 18.3. The molecule has 36 heavy (non-hydrogen) atoms. The van der Waals surface area contributed by atoms with Crippen molar-refractivity contribution in [3.8, 4) is 0 Å². The third-order valence-electron chi connectivity index (χ3n) is 7.28. The molecule has 1 saturated carbocycles. The second-order valence-electron chi connectivity index (χ2n) is 9.76. The van der Waals surface area contributed by atoms with Gasteiger partial charge in [0.15, 0.2) is 5.69 Å². The minimum Gasteiger partial charge on any atom is -0.464 e. The Morgan fingerprint density at radius 1 is 1.11 bits per heavy atom. The van der Waals surface area contributed by atoms with E-state index in [-0.39, 0.29) is 17.7 Å². The number of carbonyl (C=O) groups is 2. The number of pyridine rings is 1. The van der Waals surface area contributed by atoms with E-state index in [9.17, 15) is 9.59 Å². The number of hydrogen-bond acceptors (Lipinski definition) is 6. The molecule has 2 fully saturated rings. The Morgan fingerprint density at radius 2 is 1.92 bits per heavy atom. The molecule has 0 bridgehead atoms. The van der Waals surface area contributed by atoms with Gasteiger partial charge in [-0.1, -0.05) is 37.5 Å². The number of amides is 1. The number of nitrogens with one attached hydrogen (secondary N) is 2. The molecule has 1 aliphatic heterocycles. The van der Waals surface area contributed by atoms with Crippen molar-refractivity contribution < 1.29 is 19.1 Å². The minimum absolute atomic E-state index is 0.0208. The molecule has 3 aromatic rings. The Bertz CT molecular complexity index is 1210. The molecule has 1 aromatic carbocycles. The molecule has 2 aliphatic rings. The van der Waals surface area contributed by atoms with Crippen LogP contribution in [0.5, 0.6) is 0 Å². The standard InChI is InChI=1S/C28H34N4O4/c1-35-28(34)25-24(31-27(33)20-11-6-3-7-12-20)23-15-21(29-16-19-9-4-2-5-10-19)17-30-26(23)32(25)18-22-13-8-14-36-22/h3,6-7,11-12,15,17,19,22,29H,2,4-5,8-10,13-14,16,18H2,1H3,(H,31,33)/t22-/m0/s1. The maximum Gasteiger partial charge on any atom is 0.356 e. The summed E-state index contributed by atoms with van der Waals surface area (Å²) >= 11 is 0. The molecule has 1 atom stereocenters. The first-order valence-corrected chi connectivity index (χ1v) is 13.0. The van der Waals surface area contributed by atoms with Crippen LogP contribution >= 0.6 is 0 Å². The SMILES string of the molecule is COC(=O)c1c(NC(=O)c2ccccc2)c2cc(NCC3CCCCC3)cnc2n1C[C@@H]1CCCO1. The lowest BCUT2D eigenvalue weighted by molar-refractivity contribution is 0.0580. The Hall–Kier alpha value is -3.39. The number of fused-ring (bicyclic) bond motifs is 1. The van der Waals surface area contributed by atoms with Gasteiger partial charge in [-0.2, -0.15) is 0 Å². The summed E-state index contributed by atoms with van der Waals surface area (Å²) in [5, 5.41) is 7.23. The lowest BCUT2D eigenvalue weighted by atomic mass is 9.89. The van der Waals surface area contributed by atoms with Crippen LogP contribution in [0.15, 0.2) is 42.6 Å². The fourth-order valence-corrected chi connectivity index (χ4v) is 5.36. The first-order chi connectivity index (χ1) is 17.6. The van der Waals surface area contributed by atoms with Gasteiger partial charge < -0.3 is 24.7 Å². The molecule has 2 N–H and O–H groups in total. The molecule has 0 spiro atoms. The van der Waals surface area contributed by atoms with Crippen LogP contribution < -0.4 is 10.6 Å². The quantitative estimate of drug-likeness (QED) is 0.419. The lowest BCUT2D eigenvalue weighted by Gasteiger charge is -2.22. The van der Waals surface area contributed by atoms with Gasteiger partial charge in [0.2, 0.25) is 0 Å². The van der Waals surface area contributed by atoms with Crippen molar-refractivity contribution in [2.45, 2.75) is 57.6 Å². The van der Waals surface area contributed by atoms with Crippen molar-refractivity contribution in [2.75, 3.05) is 30.9 Å². The van der Waals surface area contributed by atoms with Crippen LogP contribution in [-0.2, 0) is 16.0 Å². The second kappa shape index (κ2) is 11.1. The Kier molecular flexibility index (Phi) is 7.51. The molecule has 1 aliphatic carbocycles. The van der Waals surface area contributed by atoms with Gasteiger partial charge in [-0.25, -0.2) is 9.78 Å². The minimum atomic E-state index is -0.522. The first-order valence-electron chi connectivity index (χ1n) is 13.0. The molecule has 1 amide bonds. The van der Waals surface area contributed by atoms with E-state index in [0.717, 1.165) is 25.1 Å². The molecule has 190 valence electrons. The first kappa shape index (κ1) is 24.3. The Labute approximate surface area is 211 Å². The number of benzene rings is 1. The van der Waals surface area contributed by atoms with E-state index in [4.69, 9.17) is 14.5 Å². The smallest absolute Gasteiger partial charge is 0.356 e. The average molecular weight is 491 g/mol. The topological polar surface area (TPSA) is 94.5 Å². The largest absolute Gasteiger partial charge is 0.464 e. The van der Waals surface area contributed by atoms with E-state index in [2.05, 4.69) is 10.6 Å². The molecular weight excluding hydrogens is 456 g/mol. The molecule has 0 radical (unpaired) electrons. The molecule has 5 rings (SSSR count). The van der Waals surface area contributed by atoms with Gasteiger partial charge in [-0.05, 0) is 49.8 Å². The van der Waals surface area contributed by atoms with Gasteiger partial charge in [0.25, 0.3) is 5.91 Å². The predicted octanol–water partition coefficient (Wildman–Crippen LogP) is 5.25. The highest BCUT2D eigenvalue weighted by Gasteiger charge is 2.29. The number of aromatic nitrogens is 2. The number of rotatable bonds is 8. The van der Waals surface area contributed by atoms with E-state index in [1.165, 1.54) is 39.2 Å². The van der Waals surface area contributed by atoms with Crippen LogP contribution in [0.1, 0.15) is 65.8 Å². The fraction of sp³-hybridized carbons (Fsp3) is 0.464. The maximum atomic E-state index is 13.2. The van der Waals surface area contributed by atoms with Crippen molar-refractivity contribution in [1.29, 1.82) is 0 Å². The summed E-state index contributed by atoms with van der Waals surface area (Å²) in [6, 6.07) is 10.9. The van der Waals surface area contributed by atoms with Gasteiger partial charge in [0.05, 0.1) is 37.3 Å².